The highest BCUT2D eigenvalue weighted by Crippen LogP contribution is 2.20. The molecule has 170 valence electrons. The fourth-order valence-electron chi connectivity index (χ4n) is 4.67. The Hall–Kier alpha value is -0.900. The lowest BCUT2D eigenvalue weighted by Gasteiger charge is -2.34. The molecular weight excluding hydrogens is 360 g/mol. The fourth-order valence-corrected chi connectivity index (χ4v) is 4.67. The second-order valence-electron chi connectivity index (χ2n) is 9.07. The van der Waals surface area contributed by atoms with Crippen LogP contribution >= 0.6 is 0 Å². The number of carbonyl (C=O) groups excluding carboxylic acids is 1. The number of carbonyl (C=O) groups is 1. The van der Waals surface area contributed by atoms with Gasteiger partial charge in [0.05, 0.1) is 19.1 Å². The molecule has 1 heterocycles. The van der Waals surface area contributed by atoms with Crippen LogP contribution in [0.4, 0.5) is 0 Å². The summed E-state index contributed by atoms with van der Waals surface area (Å²) in [5, 5.41) is 11.1. The first-order valence-corrected chi connectivity index (χ1v) is 12.7. The summed E-state index contributed by atoms with van der Waals surface area (Å²) >= 11 is 0. The molecular formula is C25H48N2O2. The van der Waals surface area contributed by atoms with Crippen LogP contribution in [0.15, 0.2) is 4.99 Å². The number of amidine groups is 1. The van der Waals surface area contributed by atoms with Gasteiger partial charge in [0.2, 0.25) is 0 Å². The number of unbranched alkanes of at least 4 members (excludes halogenated alkanes) is 15. The minimum atomic E-state index is -0.951. The van der Waals surface area contributed by atoms with E-state index >= 15 is 0 Å². The van der Waals surface area contributed by atoms with E-state index < -0.39 is 5.97 Å². The summed E-state index contributed by atoms with van der Waals surface area (Å²) in [6.45, 7) is 6.86. The van der Waals surface area contributed by atoms with Gasteiger partial charge in [-0.05, 0) is 13.3 Å². The lowest BCUT2D eigenvalue weighted by Crippen LogP contribution is -2.56. The Morgan fingerprint density at radius 1 is 0.793 bits per heavy atom. The van der Waals surface area contributed by atoms with E-state index in [1.807, 2.05) is 0 Å². The van der Waals surface area contributed by atoms with Crippen molar-refractivity contribution in [2.45, 2.75) is 123 Å². The first-order valence-electron chi connectivity index (χ1n) is 12.7. The van der Waals surface area contributed by atoms with Crippen LogP contribution in [-0.2, 0) is 4.79 Å². The van der Waals surface area contributed by atoms with Crippen molar-refractivity contribution in [1.29, 1.82) is 0 Å². The Kier molecular flexibility index (Phi) is 15.2. The second kappa shape index (κ2) is 16.8. The third-order valence-corrected chi connectivity index (χ3v) is 6.66. The van der Waals surface area contributed by atoms with E-state index in [1.54, 1.807) is 0 Å². The van der Waals surface area contributed by atoms with E-state index in [0.29, 0.717) is 4.48 Å². The number of nitrogens with zero attached hydrogens (tertiary/aromatic N) is 2. The molecule has 0 radical (unpaired) electrons. The lowest BCUT2D eigenvalue weighted by atomic mass is 10.0. The highest BCUT2D eigenvalue weighted by Gasteiger charge is 2.35. The Labute approximate surface area is 180 Å². The van der Waals surface area contributed by atoms with E-state index in [4.69, 9.17) is 0 Å². The third kappa shape index (κ3) is 11.8. The normalized spacial score (nSPS) is 18.9. The predicted octanol–water partition coefficient (Wildman–Crippen LogP) is 5.64. The summed E-state index contributed by atoms with van der Waals surface area (Å²) < 4.78 is 0.529. The van der Waals surface area contributed by atoms with E-state index in [0.717, 1.165) is 38.3 Å². The first kappa shape index (κ1) is 26.1. The van der Waals surface area contributed by atoms with E-state index in [9.17, 15) is 9.90 Å². The number of aliphatic imine (C=N–C) groups is 1. The maximum atomic E-state index is 11.1. The molecule has 1 unspecified atom stereocenters. The van der Waals surface area contributed by atoms with E-state index in [1.165, 1.54) is 96.3 Å². The standard InChI is InChI=1S/C25H48N2O2/c1-3-5-6-7-8-9-10-11-12-13-14-15-16-17-18-19-20-24-26-21-22-27(24,4-2)23-25(28)29/h3-23H2,1-2H3. The molecule has 1 atom stereocenters. The van der Waals surface area contributed by atoms with Crippen molar-refractivity contribution in [3.63, 3.8) is 0 Å². The van der Waals surface area contributed by atoms with Crippen LogP contribution in [0.2, 0.25) is 0 Å². The average Bonchev–Trinajstić information content (AvgIpc) is 3.09. The van der Waals surface area contributed by atoms with E-state index in [2.05, 4.69) is 18.8 Å². The number of hydrogen-bond donors (Lipinski definition) is 0. The van der Waals surface area contributed by atoms with E-state index in [-0.39, 0.29) is 6.54 Å². The van der Waals surface area contributed by atoms with Crippen molar-refractivity contribution < 1.29 is 14.4 Å². The summed E-state index contributed by atoms with van der Waals surface area (Å²) in [6.07, 6.45) is 23.0. The van der Waals surface area contributed by atoms with Gasteiger partial charge in [0.25, 0.3) is 0 Å². The zero-order valence-corrected chi connectivity index (χ0v) is 19.6. The van der Waals surface area contributed by atoms with Crippen molar-refractivity contribution >= 4 is 11.8 Å². The van der Waals surface area contributed by atoms with Gasteiger partial charge >= 0.3 is 0 Å². The molecule has 4 nitrogen and oxygen atoms in total. The van der Waals surface area contributed by atoms with Gasteiger partial charge in [-0.2, -0.15) is 0 Å². The molecule has 0 aromatic carbocycles. The number of quaternary nitrogens is 1. The van der Waals surface area contributed by atoms with Gasteiger partial charge in [-0.25, -0.2) is 4.99 Å². The van der Waals surface area contributed by atoms with Crippen molar-refractivity contribution in [2.75, 3.05) is 26.2 Å². The quantitative estimate of drug-likeness (QED) is 0.193. The molecule has 0 amide bonds. The molecule has 1 aliphatic rings. The van der Waals surface area contributed by atoms with Crippen LogP contribution in [0.5, 0.6) is 0 Å². The molecule has 4 heteroatoms. The maximum Gasteiger partial charge on any atom is 0.198 e. The molecule has 0 aromatic heterocycles. The summed E-state index contributed by atoms with van der Waals surface area (Å²) in [5.74, 6) is 0.149. The maximum absolute atomic E-state index is 11.1. The molecule has 1 aliphatic heterocycles. The monoisotopic (exact) mass is 408 g/mol. The molecule has 0 bridgehead atoms. The smallest absolute Gasteiger partial charge is 0.198 e. The molecule has 0 aliphatic carbocycles. The zero-order valence-electron chi connectivity index (χ0n) is 19.6. The molecule has 1 rings (SSSR count). The lowest BCUT2D eigenvalue weighted by molar-refractivity contribution is -0.829. The van der Waals surface area contributed by atoms with Crippen LogP contribution in [0.1, 0.15) is 123 Å². The topological polar surface area (TPSA) is 52.5 Å². The third-order valence-electron chi connectivity index (χ3n) is 6.66. The number of hydrogen-bond acceptors (Lipinski definition) is 3. The molecule has 0 saturated heterocycles. The number of carboxylic acids is 1. The first-order chi connectivity index (χ1) is 14.1. The van der Waals surface area contributed by atoms with Crippen molar-refractivity contribution in [3.05, 3.63) is 0 Å². The van der Waals surface area contributed by atoms with Crippen molar-refractivity contribution in [1.82, 2.24) is 0 Å². The summed E-state index contributed by atoms with van der Waals surface area (Å²) in [5.41, 5.74) is 0. The highest BCUT2D eigenvalue weighted by molar-refractivity contribution is 5.79. The van der Waals surface area contributed by atoms with Crippen LogP contribution in [-0.4, -0.2) is 42.5 Å². The number of carboxylic acid groups (broad SMARTS) is 1. The van der Waals surface area contributed by atoms with Gasteiger partial charge in [-0.1, -0.05) is 103 Å². The van der Waals surface area contributed by atoms with Gasteiger partial charge < -0.3 is 9.90 Å². The Morgan fingerprint density at radius 3 is 1.66 bits per heavy atom. The summed E-state index contributed by atoms with van der Waals surface area (Å²) in [7, 11) is 0. The summed E-state index contributed by atoms with van der Waals surface area (Å²) in [6, 6.07) is 0. The van der Waals surface area contributed by atoms with Gasteiger partial charge in [-0.3, -0.25) is 4.48 Å². The largest absolute Gasteiger partial charge is 0.544 e. The highest BCUT2D eigenvalue weighted by atomic mass is 16.4. The van der Waals surface area contributed by atoms with Crippen molar-refractivity contribution in [2.24, 2.45) is 4.99 Å². The molecule has 0 spiro atoms. The SMILES string of the molecule is CCCCCCCCCCCCCCCCCCC1=NCC[N+]1(CC)CC(=O)[O-]. The molecule has 0 N–H and O–H groups in total. The number of aliphatic carboxylic acids is 1. The Bertz CT molecular complexity index is 450. The Morgan fingerprint density at radius 2 is 1.24 bits per heavy atom. The van der Waals surface area contributed by atoms with Crippen molar-refractivity contribution in [3.8, 4) is 0 Å². The molecule has 0 saturated carbocycles. The van der Waals surface area contributed by atoms with Gasteiger partial charge in [-0.15, -0.1) is 0 Å². The second-order valence-corrected chi connectivity index (χ2v) is 9.07. The Balaban J connectivity index is 1.91. The van der Waals surface area contributed by atoms with Gasteiger partial charge in [0.1, 0.15) is 13.1 Å². The molecule has 0 fully saturated rings. The zero-order chi connectivity index (χ0) is 21.2. The van der Waals surface area contributed by atoms with Crippen LogP contribution < -0.4 is 5.11 Å². The minimum Gasteiger partial charge on any atom is -0.544 e. The van der Waals surface area contributed by atoms with Gasteiger partial charge in [0, 0.05) is 6.42 Å². The summed E-state index contributed by atoms with van der Waals surface area (Å²) in [4.78, 5) is 15.7. The van der Waals surface area contributed by atoms with Crippen LogP contribution in [0, 0.1) is 0 Å². The van der Waals surface area contributed by atoms with Crippen LogP contribution in [0.3, 0.4) is 0 Å². The molecule has 0 aromatic rings. The predicted molar refractivity (Wildman–Crippen MR) is 122 cm³/mol. The fraction of sp³-hybridized carbons (Fsp3) is 0.920. The minimum absolute atomic E-state index is 0.0915. The number of likely N-dealkylation sites (N-methyl/N-ethyl adjacent to an activating group) is 1. The molecule has 29 heavy (non-hydrogen) atoms. The average molecular weight is 409 g/mol. The number of rotatable bonds is 20. The van der Waals surface area contributed by atoms with Gasteiger partial charge in [0.15, 0.2) is 5.84 Å². The van der Waals surface area contributed by atoms with Crippen LogP contribution in [0.25, 0.3) is 0 Å².